The second-order valence-electron chi connectivity index (χ2n) is 8.31. The summed E-state index contributed by atoms with van der Waals surface area (Å²) in [5, 5.41) is 17.3. The van der Waals surface area contributed by atoms with Gasteiger partial charge < -0.3 is 15.4 Å². The molecule has 0 saturated heterocycles. The highest BCUT2D eigenvalue weighted by atomic mass is 16.5. The van der Waals surface area contributed by atoms with Gasteiger partial charge in [-0.25, -0.2) is 15.0 Å². The Morgan fingerprint density at radius 3 is 2.39 bits per heavy atom. The van der Waals surface area contributed by atoms with Gasteiger partial charge >= 0.3 is 0 Å². The number of hydrogen-bond acceptors (Lipinski definition) is 9. The molecule has 0 atom stereocenters. The lowest BCUT2D eigenvalue weighted by Gasteiger charge is -2.12. The molecule has 0 spiro atoms. The summed E-state index contributed by atoms with van der Waals surface area (Å²) < 4.78 is 6.12. The number of nitrogens with one attached hydrogen (secondary N) is 2. The molecule has 0 fully saturated rings. The zero-order valence-corrected chi connectivity index (χ0v) is 20.4. The first-order chi connectivity index (χ1) is 18.8. The molecule has 9 heteroatoms. The molecule has 0 aliphatic carbocycles. The molecule has 184 valence electrons. The third-order valence-electron chi connectivity index (χ3n) is 5.88. The highest BCUT2D eigenvalue weighted by Gasteiger charge is 2.13. The van der Waals surface area contributed by atoms with Gasteiger partial charge in [-0.1, -0.05) is 24.3 Å². The summed E-state index contributed by atoms with van der Waals surface area (Å²) in [7, 11) is 1.78. The lowest BCUT2D eigenvalue weighted by Crippen LogP contribution is -2.00. The summed E-state index contributed by atoms with van der Waals surface area (Å²) in [4.78, 5) is 17.3. The Balaban J connectivity index is 1.25. The van der Waals surface area contributed by atoms with Gasteiger partial charge in [0.1, 0.15) is 11.4 Å². The van der Waals surface area contributed by atoms with Crippen molar-refractivity contribution in [3.8, 4) is 34.1 Å². The maximum Gasteiger partial charge on any atom is 0.228 e. The molecule has 2 N–H and O–H groups in total. The first-order valence-electron chi connectivity index (χ1n) is 12.0. The van der Waals surface area contributed by atoms with Crippen LogP contribution in [0.15, 0.2) is 104 Å². The van der Waals surface area contributed by atoms with E-state index >= 15 is 0 Å². The molecule has 0 unspecified atom stereocenters. The number of nitrogens with zero attached hydrogens (tertiary/aromatic N) is 6. The Morgan fingerprint density at radius 2 is 1.58 bits per heavy atom. The van der Waals surface area contributed by atoms with Gasteiger partial charge in [0.05, 0.1) is 11.3 Å². The van der Waals surface area contributed by atoms with Crippen LogP contribution in [0.1, 0.15) is 0 Å². The number of anilines is 3. The van der Waals surface area contributed by atoms with Crippen molar-refractivity contribution in [3.05, 3.63) is 104 Å². The summed E-state index contributed by atoms with van der Waals surface area (Å²) in [5.74, 6) is 2.29. The second-order valence-corrected chi connectivity index (χ2v) is 8.31. The van der Waals surface area contributed by atoms with Gasteiger partial charge in [0.15, 0.2) is 5.82 Å². The monoisotopic (exact) mass is 498 g/mol. The van der Waals surface area contributed by atoms with Crippen molar-refractivity contribution in [2.75, 3.05) is 17.7 Å². The Hall–Kier alpha value is -5.44. The molecule has 0 amide bonds. The van der Waals surface area contributed by atoms with E-state index in [2.05, 4.69) is 40.8 Å². The van der Waals surface area contributed by atoms with E-state index in [1.165, 1.54) is 0 Å². The lowest BCUT2D eigenvalue weighted by molar-refractivity contribution is 0.465. The molecule has 6 rings (SSSR count). The predicted octanol–water partition coefficient (Wildman–Crippen LogP) is 6.12. The Morgan fingerprint density at radius 1 is 0.737 bits per heavy atom. The van der Waals surface area contributed by atoms with Gasteiger partial charge in [-0.2, -0.15) is 0 Å². The van der Waals surface area contributed by atoms with E-state index in [1.807, 2.05) is 78.9 Å². The van der Waals surface area contributed by atoms with E-state index in [0.717, 1.165) is 33.3 Å². The van der Waals surface area contributed by atoms with Crippen LogP contribution in [0.2, 0.25) is 0 Å². The fourth-order valence-electron chi connectivity index (χ4n) is 4.06. The SMILES string of the molecule is CNc1nccc(-c2cccnc2Oc2ccc(Nc3nnc(-c4cccnc4)c4ccccc34)cc2)n1. The van der Waals surface area contributed by atoms with Gasteiger partial charge in [-0.15, -0.1) is 10.2 Å². The smallest absolute Gasteiger partial charge is 0.228 e. The van der Waals surface area contributed by atoms with Crippen molar-refractivity contribution in [1.82, 2.24) is 30.1 Å². The number of rotatable bonds is 7. The number of ether oxygens (including phenoxy) is 1. The van der Waals surface area contributed by atoms with E-state index in [4.69, 9.17) is 4.74 Å². The van der Waals surface area contributed by atoms with Crippen molar-refractivity contribution < 1.29 is 4.74 Å². The summed E-state index contributed by atoms with van der Waals surface area (Å²) in [6, 6.07) is 25.1. The molecule has 0 bridgehead atoms. The molecule has 0 radical (unpaired) electrons. The summed E-state index contributed by atoms with van der Waals surface area (Å²) in [6.07, 6.45) is 6.92. The van der Waals surface area contributed by atoms with Crippen LogP contribution in [0.25, 0.3) is 33.3 Å². The number of fused-ring (bicyclic) bond motifs is 1. The van der Waals surface area contributed by atoms with Crippen LogP contribution >= 0.6 is 0 Å². The fourth-order valence-corrected chi connectivity index (χ4v) is 4.06. The van der Waals surface area contributed by atoms with E-state index in [9.17, 15) is 0 Å². The van der Waals surface area contributed by atoms with Gasteiger partial charge in [-0.05, 0) is 54.6 Å². The summed E-state index contributed by atoms with van der Waals surface area (Å²) in [6.45, 7) is 0. The molecule has 9 nitrogen and oxygen atoms in total. The maximum absolute atomic E-state index is 6.12. The van der Waals surface area contributed by atoms with Crippen molar-refractivity contribution in [3.63, 3.8) is 0 Å². The number of benzene rings is 2. The highest BCUT2D eigenvalue weighted by molar-refractivity contribution is 6.00. The van der Waals surface area contributed by atoms with Gasteiger partial charge in [0, 0.05) is 53.9 Å². The second kappa shape index (κ2) is 10.3. The first kappa shape index (κ1) is 23.0. The summed E-state index contributed by atoms with van der Waals surface area (Å²) in [5.41, 5.74) is 4.04. The number of aromatic nitrogens is 6. The molecule has 38 heavy (non-hydrogen) atoms. The van der Waals surface area contributed by atoms with Gasteiger partial charge in [-0.3, -0.25) is 4.98 Å². The quantitative estimate of drug-likeness (QED) is 0.269. The average Bonchev–Trinajstić information content (AvgIpc) is 2.99. The average molecular weight is 499 g/mol. The van der Waals surface area contributed by atoms with E-state index in [-0.39, 0.29) is 0 Å². The molecule has 6 aromatic rings. The minimum atomic E-state index is 0.455. The van der Waals surface area contributed by atoms with Crippen molar-refractivity contribution >= 4 is 28.2 Å². The van der Waals surface area contributed by atoms with Crippen molar-refractivity contribution in [1.29, 1.82) is 0 Å². The first-order valence-corrected chi connectivity index (χ1v) is 12.0. The number of pyridine rings is 2. The molecule has 4 heterocycles. The minimum Gasteiger partial charge on any atom is -0.438 e. The molecule has 2 aromatic carbocycles. The van der Waals surface area contributed by atoms with Crippen molar-refractivity contribution in [2.45, 2.75) is 0 Å². The summed E-state index contributed by atoms with van der Waals surface area (Å²) >= 11 is 0. The molecular formula is C29H22N8O. The molecule has 0 saturated carbocycles. The Labute approximate surface area is 218 Å². The van der Waals surface area contributed by atoms with Crippen LogP contribution in [-0.4, -0.2) is 37.2 Å². The third-order valence-corrected chi connectivity index (χ3v) is 5.88. The minimum absolute atomic E-state index is 0.455. The lowest BCUT2D eigenvalue weighted by atomic mass is 10.1. The zero-order valence-electron chi connectivity index (χ0n) is 20.4. The molecule has 0 aliphatic rings. The normalized spacial score (nSPS) is 10.8. The topological polar surface area (TPSA) is 111 Å². The van der Waals surface area contributed by atoms with E-state index in [1.54, 1.807) is 31.8 Å². The third kappa shape index (κ3) is 4.68. The largest absolute Gasteiger partial charge is 0.438 e. The number of hydrogen-bond donors (Lipinski definition) is 2. The molecular weight excluding hydrogens is 476 g/mol. The zero-order chi connectivity index (χ0) is 25.7. The highest BCUT2D eigenvalue weighted by Crippen LogP contribution is 2.33. The maximum atomic E-state index is 6.12. The van der Waals surface area contributed by atoms with Crippen molar-refractivity contribution in [2.24, 2.45) is 0 Å². The van der Waals surface area contributed by atoms with Crippen LogP contribution < -0.4 is 15.4 Å². The van der Waals surface area contributed by atoms with E-state index < -0.39 is 0 Å². The Bertz CT molecular complexity index is 1710. The van der Waals surface area contributed by atoms with Crippen LogP contribution in [0, 0.1) is 0 Å². The van der Waals surface area contributed by atoms with Crippen LogP contribution in [0.5, 0.6) is 11.6 Å². The molecule has 0 aliphatic heterocycles. The van der Waals surface area contributed by atoms with Gasteiger partial charge in [0.25, 0.3) is 0 Å². The van der Waals surface area contributed by atoms with Gasteiger partial charge in [0.2, 0.25) is 11.8 Å². The van der Waals surface area contributed by atoms with Crippen LogP contribution in [0.3, 0.4) is 0 Å². The standard InChI is InChI=1S/C29H22N8O/c1-30-29-33-17-14-25(35-29)24-9-5-16-32-28(24)38-21-12-10-20(11-13-21)34-27-23-8-3-2-7-22(23)26(36-37-27)19-6-4-15-31-18-19/h2-18H,1H3,(H,34,37)(H,30,33,35). The van der Waals surface area contributed by atoms with Crippen LogP contribution in [0.4, 0.5) is 17.5 Å². The predicted molar refractivity (Wildman–Crippen MR) is 147 cm³/mol. The Kier molecular flexibility index (Phi) is 6.22. The van der Waals surface area contributed by atoms with E-state index in [0.29, 0.717) is 29.1 Å². The fraction of sp³-hybridized carbons (Fsp3) is 0.0345. The molecule has 4 aromatic heterocycles. The van der Waals surface area contributed by atoms with Crippen LogP contribution in [-0.2, 0) is 0 Å².